The van der Waals surface area contributed by atoms with Gasteiger partial charge in [0.1, 0.15) is 16.1 Å². The third kappa shape index (κ3) is 17.5. The second-order valence-corrected chi connectivity index (χ2v) is 16.5. The number of hydrogen-bond acceptors (Lipinski definition) is 7. The van der Waals surface area contributed by atoms with Gasteiger partial charge in [0.15, 0.2) is 0 Å². The van der Waals surface area contributed by atoms with Gasteiger partial charge in [-0.1, -0.05) is 112 Å². The molecule has 13 heteroatoms. The van der Waals surface area contributed by atoms with E-state index in [1.807, 2.05) is 52.4 Å². The number of alkyl halides is 1. The molecule has 2 N–H and O–H groups in total. The summed E-state index contributed by atoms with van der Waals surface area (Å²) in [4.78, 5) is 50.7. The van der Waals surface area contributed by atoms with Crippen LogP contribution in [0.3, 0.4) is 0 Å². The Morgan fingerprint density at radius 1 is 0.627 bits per heavy atom. The molecule has 1 aromatic carbocycles. The van der Waals surface area contributed by atoms with Crippen LogP contribution in [0, 0.1) is 17.8 Å². The van der Waals surface area contributed by atoms with Gasteiger partial charge in [-0.2, -0.15) is 0 Å². The predicted octanol–water partition coefficient (Wildman–Crippen LogP) is 10.1. The summed E-state index contributed by atoms with van der Waals surface area (Å²) < 4.78 is 0. The van der Waals surface area contributed by atoms with Crippen molar-refractivity contribution in [2.24, 2.45) is 17.8 Å². The van der Waals surface area contributed by atoms with Gasteiger partial charge < -0.3 is 20.4 Å². The second-order valence-electron chi connectivity index (χ2n) is 15.4. The number of nitrogens with zero attached hydrogens (tertiary/aromatic N) is 5. The zero-order chi connectivity index (χ0) is 42.4. The molecule has 7 rings (SSSR count). The molecule has 3 saturated heterocycles. The van der Waals surface area contributed by atoms with Crippen LogP contribution in [0.4, 0.5) is 5.82 Å². The van der Waals surface area contributed by atoms with E-state index < -0.39 is 0 Å². The summed E-state index contributed by atoms with van der Waals surface area (Å²) >= 11 is 16.7. The molecule has 3 aromatic heterocycles. The number of amides is 3. The fraction of sp³-hybridized carbons (Fsp3) is 0.478. The van der Waals surface area contributed by atoms with Crippen molar-refractivity contribution in [2.45, 2.75) is 104 Å². The van der Waals surface area contributed by atoms with Crippen molar-refractivity contribution in [1.82, 2.24) is 30.1 Å². The lowest BCUT2D eigenvalue weighted by Gasteiger charge is -2.16. The van der Waals surface area contributed by atoms with Crippen molar-refractivity contribution in [3.05, 3.63) is 118 Å². The molecule has 3 fully saturated rings. The molecule has 6 heterocycles. The molecule has 59 heavy (non-hydrogen) atoms. The Balaban J connectivity index is 0.000000190. The maximum Gasteiger partial charge on any atom is 0.223 e. The number of hydrogen-bond donors (Lipinski definition) is 2. The van der Waals surface area contributed by atoms with Crippen molar-refractivity contribution in [2.75, 3.05) is 25.0 Å². The molecule has 4 aromatic rings. The Morgan fingerprint density at radius 2 is 1.14 bits per heavy atom. The Hall–Kier alpha value is -4.25. The first-order valence-corrected chi connectivity index (χ1v) is 22.2. The molecule has 318 valence electrons. The van der Waals surface area contributed by atoms with Crippen LogP contribution in [0.2, 0.25) is 10.3 Å². The molecule has 3 unspecified atom stereocenters. The van der Waals surface area contributed by atoms with Crippen LogP contribution in [0.5, 0.6) is 0 Å². The maximum atomic E-state index is 12.1. The van der Waals surface area contributed by atoms with Gasteiger partial charge >= 0.3 is 0 Å². The number of halogens is 3. The van der Waals surface area contributed by atoms with Crippen LogP contribution < -0.4 is 10.6 Å². The fourth-order valence-corrected chi connectivity index (χ4v) is 7.71. The fourth-order valence-electron chi connectivity index (χ4n) is 7.33. The minimum absolute atomic E-state index is 0.230. The first-order valence-electron chi connectivity index (χ1n) is 20.9. The average Bonchev–Trinajstić information content (AvgIpc) is 3.93. The van der Waals surface area contributed by atoms with Gasteiger partial charge in [0.05, 0.1) is 0 Å². The lowest BCUT2D eigenvalue weighted by Crippen LogP contribution is -2.24. The number of anilines is 1. The molecule has 10 nitrogen and oxygen atoms in total. The minimum atomic E-state index is 0.230. The first-order chi connectivity index (χ1) is 28.6. The number of carbonyl (C=O) groups is 3. The normalized spacial score (nSPS) is 18.3. The summed E-state index contributed by atoms with van der Waals surface area (Å²) in [5.74, 6) is 3.81. The number of carbonyl (C=O) groups excluding carboxylic acids is 3. The summed E-state index contributed by atoms with van der Waals surface area (Å²) in [7, 11) is 0. The van der Waals surface area contributed by atoms with Crippen LogP contribution in [0.1, 0.15) is 101 Å². The zero-order valence-electron chi connectivity index (χ0n) is 34.7. The highest BCUT2D eigenvalue weighted by atomic mass is 35.5. The van der Waals surface area contributed by atoms with Crippen molar-refractivity contribution < 1.29 is 14.4 Å². The Morgan fingerprint density at radius 3 is 1.58 bits per heavy atom. The summed E-state index contributed by atoms with van der Waals surface area (Å²) in [5, 5.41) is 7.13. The van der Waals surface area contributed by atoms with Crippen LogP contribution in [-0.2, 0) is 39.9 Å². The van der Waals surface area contributed by atoms with E-state index in [4.69, 9.17) is 34.8 Å². The third-order valence-corrected chi connectivity index (χ3v) is 11.1. The number of rotatable bonds is 14. The number of aromatic nitrogens is 3. The monoisotopic (exact) mass is 863 g/mol. The summed E-state index contributed by atoms with van der Waals surface area (Å²) in [6.07, 6.45) is 14.4. The van der Waals surface area contributed by atoms with Gasteiger partial charge in [-0.3, -0.25) is 14.4 Å². The molecule has 0 aliphatic carbocycles. The quantitative estimate of drug-likeness (QED) is 0.0957. The molecule has 0 saturated carbocycles. The van der Waals surface area contributed by atoms with E-state index in [0.717, 1.165) is 80.8 Å². The number of benzene rings is 1. The van der Waals surface area contributed by atoms with Crippen molar-refractivity contribution >= 4 is 58.3 Å². The highest BCUT2D eigenvalue weighted by Crippen LogP contribution is 2.25. The van der Waals surface area contributed by atoms with Crippen molar-refractivity contribution in [3.63, 3.8) is 0 Å². The molecule has 0 spiro atoms. The Labute approximate surface area is 365 Å². The van der Waals surface area contributed by atoms with Gasteiger partial charge in [-0.25, -0.2) is 15.0 Å². The standard InChI is InChI=1S/C20H25N3O.C13H17ClN2O.C7H13NO.C6H5Cl2N/c1-2-6-17-11-20(24)23(14-17)15-18-9-10-19(22-13-18)21-12-16-7-4-3-5-8-16;1-2-3-10-6-13(17)16(8-10)9-11-4-5-12(14)15-7-11;1-2-3-6-4-7(9)8-5-6;7-3-5-1-2-6(8)9-4-5/h3-5,7-10,13,17H,2,6,11-12,14-15H2,1H3,(H,21,22);4-5,7,10H,2-3,6,8-9H2,1H3;6H,2-5H2,1H3,(H,8,9);1-2,4H,3H2. The Kier molecular flexibility index (Phi) is 21.0. The van der Waals surface area contributed by atoms with Gasteiger partial charge in [0, 0.05) is 83.0 Å². The number of nitrogens with one attached hydrogen (secondary N) is 2. The van der Waals surface area contributed by atoms with E-state index in [9.17, 15) is 14.4 Å². The molecule has 0 radical (unpaired) electrons. The topological polar surface area (TPSA) is 120 Å². The van der Waals surface area contributed by atoms with Crippen LogP contribution in [0.25, 0.3) is 0 Å². The molecule has 0 bridgehead atoms. The molecular formula is C46H60Cl3N7O3. The number of pyridine rings is 3. The van der Waals surface area contributed by atoms with E-state index >= 15 is 0 Å². The lowest BCUT2D eigenvalue weighted by atomic mass is 10.0. The van der Waals surface area contributed by atoms with E-state index in [0.29, 0.717) is 59.9 Å². The predicted molar refractivity (Wildman–Crippen MR) is 239 cm³/mol. The summed E-state index contributed by atoms with van der Waals surface area (Å²) in [5.41, 5.74) is 4.35. The summed E-state index contributed by atoms with van der Waals surface area (Å²) in [6.45, 7) is 11.3. The van der Waals surface area contributed by atoms with Crippen molar-refractivity contribution in [3.8, 4) is 0 Å². The van der Waals surface area contributed by atoms with Gasteiger partial charge in [0.2, 0.25) is 17.7 Å². The van der Waals surface area contributed by atoms with Crippen LogP contribution in [-0.4, -0.2) is 62.1 Å². The highest BCUT2D eigenvalue weighted by Gasteiger charge is 2.29. The Bertz CT molecular complexity index is 1830. The molecular weight excluding hydrogens is 805 g/mol. The smallest absolute Gasteiger partial charge is 0.223 e. The molecule has 3 aliphatic rings. The van der Waals surface area contributed by atoms with E-state index in [1.165, 1.54) is 18.4 Å². The average molecular weight is 865 g/mol. The van der Waals surface area contributed by atoms with E-state index in [1.54, 1.807) is 24.5 Å². The second kappa shape index (κ2) is 26.1. The molecule has 3 amide bonds. The zero-order valence-corrected chi connectivity index (χ0v) is 37.0. The van der Waals surface area contributed by atoms with Gasteiger partial charge in [-0.15, -0.1) is 11.6 Å². The number of likely N-dealkylation sites (tertiary alicyclic amines) is 2. The SMILES string of the molecule is CCCC1CC(=O)N(Cc2ccc(Cl)nc2)C1.CCCC1CC(=O)N(Cc2ccc(NCc3ccccc3)nc2)C1.CCCC1CNC(=O)C1.ClCc1ccc(Cl)nc1. The first kappa shape index (κ1) is 47.4. The summed E-state index contributed by atoms with van der Waals surface area (Å²) in [6, 6.07) is 21.6. The largest absolute Gasteiger partial charge is 0.366 e. The molecule has 3 aliphatic heterocycles. The van der Waals surface area contributed by atoms with Crippen LogP contribution in [0.15, 0.2) is 85.3 Å². The van der Waals surface area contributed by atoms with Gasteiger partial charge in [-0.05, 0) is 77.5 Å². The van der Waals surface area contributed by atoms with E-state index in [-0.39, 0.29) is 17.7 Å². The highest BCUT2D eigenvalue weighted by molar-refractivity contribution is 6.29. The molecule has 3 atom stereocenters. The van der Waals surface area contributed by atoms with E-state index in [2.05, 4.69) is 64.6 Å². The van der Waals surface area contributed by atoms with Crippen LogP contribution >= 0.6 is 34.8 Å². The lowest BCUT2D eigenvalue weighted by molar-refractivity contribution is -0.129. The third-order valence-electron chi connectivity index (χ3n) is 10.4. The van der Waals surface area contributed by atoms with Crippen molar-refractivity contribution in [1.29, 1.82) is 0 Å². The minimum Gasteiger partial charge on any atom is -0.366 e. The van der Waals surface area contributed by atoms with Gasteiger partial charge in [0.25, 0.3) is 0 Å². The maximum absolute atomic E-state index is 12.1.